The molecule has 0 radical (unpaired) electrons. The molecule has 0 aromatic heterocycles. The van der Waals surface area contributed by atoms with E-state index in [1.165, 1.54) is 0 Å². The van der Waals surface area contributed by atoms with Crippen LogP contribution >= 0.6 is 0 Å². The molecule has 102 valence electrons. The topological polar surface area (TPSA) is 84.7 Å². The van der Waals surface area contributed by atoms with E-state index < -0.39 is 5.54 Å². The molecule has 1 aromatic rings. The molecule has 0 aliphatic carbocycles. The Kier molecular flexibility index (Phi) is 3.33. The smallest absolute Gasteiger partial charge is 0.325 e. The van der Waals surface area contributed by atoms with Crippen molar-refractivity contribution in [3.8, 4) is 5.75 Å². The zero-order chi connectivity index (χ0) is 14.0. The molecule has 0 unspecified atom stereocenters. The van der Waals surface area contributed by atoms with Crippen LogP contribution in [0.3, 0.4) is 0 Å². The molecule has 3 N–H and O–H groups in total. The number of imide groups is 1. The highest BCUT2D eigenvalue weighted by Crippen LogP contribution is 2.17. The Hall–Kier alpha value is -2.24. The van der Waals surface area contributed by atoms with Gasteiger partial charge < -0.3 is 15.8 Å². The molecule has 1 fully saturated rings. The first-order valence-electron chi connectivity index (χ1n) is 6.02. The third-order valence-corrected chi connectivity index (χ3v) is 2.89. The third kappa shape index (κ3) is 2.78. The van der Waals surface area contributed by atoms with Crippen LogP contribution in [-0.4, -0.2) is 35.5 Å². The van der Waals surface area contributed by atoms with E-state index >= 15 is 0 Å². The van der Waals surface area contributed by atoms with E-state index in [2.05, 4.69) is 5.32 Å². The first-order valence-corrected chi connectivity index (χ1v) is 6.02. The molecule has 1 aliphatic heterocycles. The van der Waals surface area contributed by atoms with Gasteiger partial charge in [0.25, 0.3) is 5.91 Å². The predicted octanol–water partition coefficient (Wildman–Crippen LogP) is 0.978. The predicted molar refractivity (Wildman–Crippen MR) is 70.7 cm³/mol. The van der Waals surface area contributed by atoms with Crippen LogP contribution < -0.4 is 15.8 Å². The molecule has 6 nitrogen and oxygen atoms in total. The van der Waals surface area contributed by atoms with Crippen LogP contribution in [-0.2, 0) is 4.79 Å². The maximum Gasteiger partial charge on any atom is 0.325 e. The lowest BCUT2D eigenvalue weighted by molar-refractivity contribution is -0.130. The van der Waals surface area contributed by atoms with E-state index in [0.717, 1.165) is 4.90 Å². The number of anilines is 1. The fraction of sp³-hybridized carbons (Fsp3) is 0.385. The van der Waals surface area contributed by atoms with Gasteiger partial charge in [-0.1, -0.05) is 6.07 Å². The van der Waals surface area contributed by atoms with Crippen LogP contribution in [0.1, 0.15) is 13.8 Å². The maximum atomic E-state index is 11.9. The lowest BCUT2D eigenvalue weighted by atomic mass is 10.1. The number of hydrogen-bond donors (Lipinski definition) is 2. The van der Waals surface area contributed by atoms with Gasteiger partial charge in [0.15, 0.2) is 0 Å². The van der Waals surface area contributed by atoms with Crippen molar-refractivity contribution in [2.75, 3.05) is 18.9 Å². The number of amides is 3. The molecule has 19 heavy (non-hydrogen) atoms. The fourth-order valence-electron chi connectivity index (χ4n) is 1.88. The summed E-state index contributed by atoms with van der Waals surface area (Å²) in [5.41, 5.74) is 5.39. The lowest BCUT2D eigenvalue weighted by Crippen LogP contribution is -2.40. The van der Waals surface area contributed by atoms with Gasteiger partial charge in [0.05, 0.1) is 6.54 Å². The second-order valence-corrected chi connectivity index (χ2v) is 4.93. The van der Waals surface area contributed by atoms with E-state index in [9.17, 15) is 9.59 Å². The Morgan fingerprint density at radius 1 is 1.37 bits per heavy atom. The molecule has 0 spiro atoms. The number of nitrogens with two attached hydrogens (primary N) is 1. The summed E-state index contributed by atoms with van der Waals surface area (Å²) < 4.78 is 5.46. The molecule has 0 bridgehead atoms. The number of nitrogens with one attached hydrogen (secondary N) is 1. The highest BCUT2D eigenvalue weighted by atomic mass is 16.5. The number of benzene rings is 1. The van der Waals surface area contributed by atoms with Crippen molar-refractivity contribution in [2.24, 2.45) is 0 Å². The number of nitrogens with zero attached hydrogens (tertiary/aromatic N) is 1. The quantitative estimate of drug-likeness (QED) is 0.626. The molecule has 0 saturated carbocycles. The SMILES string of the molecule is CC1(C)NC(=O)N(CCOc2cccc(N)c2)C1=O. The second kappa shape index (κ2) is 4.79. The van der Waals surface area contributed by atoms with Crippen LogP contribution in [0.2, 0.25) is 0 Å². The van der Waals surface area contributed by atoms with Gasteiger partial charge >= 0.3 is 6.03 Å². The van der Waals surface area contributed by atoms with Gasteiger partial charge in [0.1, 0.15) is 17.9 Å². The first kappa shape index (κ1) is 13.2. The lowest BCUT2D eigenvalue weighted by Gasteiger charge is -2.16. The van der Waals surface area contributed by atoms with Crippen molar-refractivity contribution < 1.29 is 14.3 Å². The standard InChI is InChI=1S/C13H17N3O3/c1-13(2)11(17)16(12(18)15-13)6-7-19-10-5-3-4-9(14)8-10/h3-5,8H,6-7,14H2,1-2H3,(H,15,18). The van der Waals surface area contributed by atoms with Gasteiger partial charge in [0, 0.05) is 11.8 Å². The van der Waals surface area contributed by atoms with E-state index in [-0.39, 0.29) is 25.1 Å². The summed E-state index contributed by atoms with van der Waals surface area (Å²) in [5.74, 6) is 0.375. The molecule has 3 amide bonds. The number of nitrogen functional groups attached to an aromatic ring is 1. The molecule has 2 rings (SSSR count). The average molecular weight is 263 g/mol. The fourth-order valence-corrected chi connectivity index (χ4v) is 1.88. The van der Waals surface area contributed by atoms with Crippen LogP contribution in [0.4, 0.5) is 10.5 Å². The van der Waals surface area contributed by atoms with Crippen molar-refractivity contribution in [1.82, 2.24) is 10.2 Å². The summed E-state index contributed by atoms with van der Waals surface area (Å²) in [6.07, 6.45) is 0. The van der Waals surface area contributed by atoms with Crippen LogP contribution in [0.15, 0.2) is 24.3 Å². The number of carbonyl (C=O) groups excluding carboxylic acids is 2. The highest BCUT2D eigenvalue weighted by molar-refractivity contribution is 6.06. The number of ether oxygens (including phenoxy) is 1. The van der Waals surface area contributed by atoms with Crippen LogP contribution in [0.25, 0.3) is 0 Å². The Bertz CT molecular complexity index is 514. The molecule has 1 aromatic carbocycles. The molecule has 1 aliphatic rings. The number of hydrogen-bond acceptors (Lipinski definition) is 4. The zero-order valence-corrected chi connectivity index (χ0v) is 11.0. The largest absolute Gasteiger partial charge is 0.492 e. The van der Waals surface area contributed by atoms with Crippen molar-refractivity contribution in [3.63, 3.8) is 0 Å². The summed E-state index contributed by atoms with van der Waals surface area (Å²) in [4.78, 5) is 24.7. The molecule has 6 heteroatoms. The summed E-state index contributed by atoms with van der Waals surface area (Å²) in [7, 11) is 0. The minimum absolute atomic E-state index is 0.211. The van der Waals surface area contributed by atoms with E-state index in [4.69, 9.17) is 10.5 Å². The van der Waals surface area contributed by atoms with Crippen molar-refractivity contribution >= 4 is 17.6 Å². The maximum absolute atomic E-state index is 11.9. The second-order valence-electron chi connectivity index (χ2n) is 4.93. The Labute approximate surface area is 111 Å². The van der Waals surface area contributed by atoms with Crippen LogP contribution in [0, 0.1) is 0 Å². The third-order valence-electron chi connectivity index (χ3n) is 2.89. The van der Waals surface area contributed by atoms with E-state index in [0.29, 0.717) is 11.4 Å². The Balaban J connectivity index is 1.90. The van der Waals surface area contributed by atoms with E-state index in [1.807, 2.05) is 0 Å². The van der Waals surface area contributed by atoms with E-state index in [1.54, 1.807) is 38.1 Å². The molecule has 0 atom stereocenters. The first-order chi connectivity index (χ1) is 8.90. The highest BCUT2D eigenvalue weighted by Gasteiger charge is 2.43. The summed E-state index contributed by atoms with van der Waals surface area (Å²) in [5, 5.41) is 2.61. The molecule has 1 heterocycles. The van der Waals surface area contributed by atoms with Gasteiger partial charge in [0.2, 0.25) is 0 Å². The average Bonchev–Trinajstić information content (AvgIpc) is 2.51. The number of carbonyl (C=O) groups is 2. The number of urea groups is 1. The van der Waals surface area contributed by atoms with Gasteiger partial charge in [-0.25, -0.2) is 4.79 Å². The Morgan fingerprint density at radius 2 is 2.11 bits per heavy atom. The minimum Gasteiger partial charge on any atom is -0.492 e. The Morgan fingerprint density at radius 3 is 2.68 bits per heavy atom. The summed E-state index contributed by atoms with van der Waals surface area (Å²) in [6, 6.07) is 6.61. The van der Waals surface area contributed by atoms with Crippen molar-refractivity contribution in [2.45, 2.75) is 19.4 Å². The zero-order valence-electron chi connectivity index (χ0n) is 11.0. The molecule has 1 saturated heterocycles. The van der Waals surface area contributed by atoms with Gasteiger partial charge in [-0.3, -0.25) is 9.69 Å². The minimum atomic E-state index is -0.839. The van der Waals surface area contributed by atoms with Crippen molar-refractivity contribution in [3.05, 3.63) is 24.3 Å². The van der Waals surface area contributed by atoms with Gasteiger partial charge in [-0.05, 0) is 26.0 Å². The normalized spacial score (nSPS) is 17.5. The summed E-state index contributed by atoms with van der Waals surface area (Å²) in [6.45, 7) is 3.79. The van der Waals surface area contributed by atoms with Crippen molar-refractivity contribution in [1.29, 1.82) is 0 Å². The summed E-state index contributed by atoms with van der Waals surface area (Å²) >= 11 is 0. The van der Waals surface area contributed by atoms with Crippen LogP contribution in [0.5, 0.6) is 5.75 Å². The monoisotopic (exact) mass is 263 g/mol. The molecular weight excluding hydrogens is 246 g/mol. The molecular formula is C13H17N3O3. The van der Waals surface area contributed by atoms with Gasteiger partial charge in [-0.15, -0.1) is 0 Å². The number of rotatable bonds is 4. The van der Waals surface area contributed by atoms with Gasteiger partial charge in [-0.2, -0.15) is 0 Å².